The van der Waals surface area contributed by atoms with Gasteiger partial charge < -0.3 is 4.90 Å². The maximum absolute atomic E-state index is 12.9. The van der Waals surface area contributed by atoms with Gasteiger partial charge in [-0.15, -0.1) is 0 Å². The van der Waals surface area contributed by atoms with Crippen molar-refractivity contribution in [2.75, 3.05) is 13.1 Å². The third-order valence-corrected chi connectivity index (χ3v) is 5.39. The molecule has 1 saturated heterocycles. The summed E-state index contributed by atoms with van der Waals surface area (Å²) in [5, 5.41) is 6.35. The first-order valence-electron chi connectivity index (χ1n) is 9.80. The van der Waals surface area contributed by atoms with Crippen LogP contribution >= 0.6 is 0 Å². The molecule has 7 heteroatoms. The lowest BCUT2D eigenvalue weighted by atomic mass is 9.98. The summed E-state index contributed by atoms with van der Waals surface area (Å²) >= 11 is 0. The summed E-state index contributed by atoms with van der Waals surface area (Å²) in [6.45, 7) is 1.64. The molecule has 0 N–H and O–H groups in total. The Labute approximate surface area is 172 Å². The number of pyridine rings is 2. The van der Waals surface area contributed by atoms with E-state index in [4.69, 9.17) is 0 Å². The van der Waals surface area contributed by atoms with Gasteiger partial charge in [0.05, 0.1) is 12.2 Å². The molecule has 1 fully saturated rings. The number of benzene rings is 1. The smallest absolute Gasteiger partial charge is 0.273 e. The van der Waals surface area contributed by atoms with E-state index in [2.05, 4.69) is 15.1 Å². The summed E-state index contributed by atoms with van der Waals surface area (Å²) in [6, 6.07) is 16.6. The third kappa shape index (κ3) is 3.34. The van der Waals surface area contributed by atoms with Crippen LogP contribution in [0, 0.1) is 5.92 Å². The molecule has 0 radical (unpaired) electrons. The van der Waals surface area contributed by atoms with E-state index in [9.17, 15) is 9.59 Å². The maximum Gasteiger partial charge on any atom is 0.273 e. The van der Waals surface area contributed by atoms with E-state index in [1.54, 1.807) is 29.6 Å². The Hall–Kier alpha value is -3.87. The number of rotatable bonds is 4. The second kappa shape index (κ2) is 7.51. The molecule has 7 nitrogen and oxygen atoms in total. The molecule has 30 heavy (non-hydrogen) atoms. The van der Waals surface area contributed by atoms with Gasteiger partial charge in [0.25, 0.3) is 11.5 Å². The summed E-state index contributed by atoms with van der Waals surface area (Å²) in [5.74, 6) is 0.107. The van der Waals surface area contributed by atoms with Gasteiger partial charge in [0.15, 0.2) is 0 Å². The lowest BCUT2D eigenvalue weighted by Crippen LogP contribution is -2.52. The fourth-order valence-electron chi connectivity index (χ4n) is 3.79. The number of hydrogen-bond acceptors (Lipinski definition) is 5. The second-order valence-electron chi connectivity index (χ2n) is 7.43. The molecule has 4 heterocycles. The normalized spacial score (nSPS) is 13.9. The number of carbonyl (C=O) groups excluding carboxylic acids is 1. The Balaban J connectivity index is 1.30. The highest BCUT2D eigenvalue weighted by atomic mass is 16.2. The van der Waals surface area contributed by atoms with Crippen molar-refractivity contribution in [2.45, 2.75) is 6.54 Å². The van der Waals surface area contributed by atoms with Crippen LogP contribution < -0.4 is 5.56 Å². The Morgan fingerprint density at radius 1 is 0.967 bits per heavy atom. The maximum atomic E-state index is 12.9. The van der Waals surface area contributed by atoms with Crippen molar-refractivity contribution in [1.82, 2.24) is 24.6 Å². The number of aromatic nitrogens is 4. The third-order valence-electron chi connectivity index (χ3n) is 5.39. The SMILES string of the molecule is O=C(c1nccc2ccccc12)N1CC(Cn2nc(-c3ccncc3)ccc2=O)C1. The van der Waals surface area contributed by atoms with Gasteiger partial charge in [-0.05, 0) is 29.7 Å². The average molecular weight is 397 g/mol. The molecule has 0 unspecified atom stereocenters. The molecule has 0 saturated carbocycles. The lowest BCUT2D eigenvalue weighted by Gasteiger charge is -2.39. The van der Waals surface area contributed by atoms with Crippen LogP contribution in [-0.2, 0) is 6.54 Å². The van der Waals surface area contributed by atoms with Crippen LogP contribution in [0.15, 0.2) is 78.0 Å². The fraction of sp³-hybridized carbons (Fsp3) is 0.174. The average Bonchev–Trinajstić information content (AvgIpc) is 2.77. The van der Waals surface area contributed by atoms with E-state index in [0.29, 0.717) is 25.3 Å². The molecule has 1 aromatic carbocycles. The molecule has 4 aromatic rings. The Kier molecular flexibility index (Phi) is 4.55. The van der Waals surface area contributed by atoms with Crippen molar-refractivity contribution in [3.05, 3.63) is 89.2 Å². The zero-order valence-electron chi connectivity index (χ0n) is 16.2. The minimum atomic E-state index is -0.145. The van der Waals surface area contributed by atoms with Crippen molar-refractivity contribution in [2.24, 2.45) is 5.92 Å². The van der Waals surface area contributed by atoms with Crippen LogP contribution in [0.5, 0.6) is 0 Å². The van der Waals surface area contributed by atoms with Crippen LogP contribution in [0.25, 0.3) is 22.0 Å². The molecule has 0 aliphatic carbocycles. The van der Waals surface area contributed by atoms with Crippen molar-refractivity contribution in [1.29, 1.82) is 0 Å². The zero-order chi connectivity index (χ0) is 20.5. The monoisotopic (exact) mass is 397 g/mol. The molecule has 1 aliphatic heterocycles. The molecular weight excluding hydrogens is 378 g/mol. The first-order valence-corrected chi connectivity index (χ1v) is 9.80. The summed E-state index contributed by atoms with van der Waals surface area (Å²) in [6.07, 6.45) is 5.06. The molecule has 5 rings (SSSR count). The number of hydrogen-bond donors (Lipinski definition) is 0. The van der Waals surface area contributed by atoms with Crippen LogP contribution in [0.3, 0.4) is 0 Å². The van der Waals surface area contributed by atoms with E-state index < -0.39 is 0 Å². The molecule has 0 spiro atoms. The van der Waals surface area contributed by atoms with E-state index >= 15 is 0 Å². The van der Waals surface area contributed by atoms with Gasteiger partial charge in [-0.1, -0.05) is 24.3 Å². The summed E-state index contributed by atoms with van der Waals surface area (Å²) in [5.41, 5.74) is 1.96. The predicted octanol–water partition coefficient (Wildman–Crippen LogP) is 2.63. The van der Waals surface area contributed by atoms with Gasteiger partial charge >= 0.3 is 0 Å². The first kappa shape index (κ1) is 18.2. The zero-order valence-corrected chi connectivity index (χ0v) is 16.2. The van der Waals surface area contributed by atoms with Crippen molar-refractivity contribution >= 4 is 16.7 Å². The molecule has 1 amide bonds. The van der Waals surface area contributed by atoms with Crippen LogP contribution in [0.2, 0.25) is 0 Å². The fourth-order valence-corrected chi connectivity index (χ4v) is 3.79. The van der Waals surface area contributed by atoms with Crippen molar-refractivity contribution < 1.29 is 4.79 Å². The van der Waals surface area contributed by atoms with E-state index in [0.717, 1.165) is 22.0 Å². The number of likely N-dealkylation sites (tertiary alicyclic amines) is 1. The Morgan fingerprint density at radius 2 is 1.77 bits per heavy atom. The summed E-state index contributed by atoms with van der Waals surface area (Å²) in [4.78, 5) is 35.3. The van der Waals surface area contributed by atoms with Gasteiger partial charge in [0, 0.05) is 54.6 Å². The first-order chi connectivity index (χ1) is 14.7. The van der Waals surface area contributed by atoms with Gasteiger partial charge in [-0.25, -0.2) is 4.68 Å². The van der Waals surface area contributed by atoms with Crippen LogP contribution in [-0.4, -0.2) is 43.6 Å². The van der Waals surface area contributed by atoms with E-state index in [-0.39, 0.29) is 17.4 Å². The van der Waals surface area contributed by atoms with Crippen molar-refractivity contribution in [3.8, 4) is 11.3 Å². The molecule has 3 aromatic heterocycles. The highest BCUT2D eigenvalue weighted by Gasteiger charge is 2.33. The minimum Gasteiger partial charge on any atom is -0.336 e. The molecule has 148 valence electrons. The standard InChI is InChI=1S/C23H19N5O2/c29-21-6-5-20(18-7-10-24-11-8-18)26-28(21)15-16-13-27(14-16)23(30)22-19-4-2-1-3-17(19)9-12-25-22/h1-12,16H,13-15H2. The molecular formula is C23H19N5O2. The molecule has 0 bridgehead atoms. The Bertz CT molecular complexity index is 1270. The number of amides is 1. The van der Waals surface area contributed by atoms with Gasteiger partial charge in [0.2, 0.25) is 0 Å². The number of fused-ring (bicyclic) bond motifs is 1. The lowest BCUT2D eigenvalue weighted by molar-refractivity contribution is 0.0455. The van der Waals surface area contributed by atoms with E-state index in [1.165, 1.54) is 10.7 Å². The highest BCUT2D eigenvalue weighted by molar-refractivity contribution is 6.05. The molecule has 1 aliphatic rings. The topological polar surface area (TPSA) is 81.0 Å². The predicted molar refractivity (Wildman–Crippen MR) is 113 cm³/mol. The van der Waals surface area contributed by atoms with Gasteiger partial charge in [0.1, 0.15) is 5.69 Å². The highest BCUT2D eigenvalue weighted by Crippen LogP contribution is 2.23. The minimum absolute atomic E-state index is 0.0751. The largest absolute Gasteiger partial charge is 0.336 e. The van der Waals surface area contributed by atoms with Crippen molar-refractivity contribution in [3.63, 3.8) is 0 Å². The van der Waals surface area contributed by atoms with Gasteiger partial charge in [-0.3, -0.25) is 19.6 Å². The van der Waals surface area contributed by atoms with E-state index in [1.807, 2.05) is 42.5 Å². The number of carbonyl (C=O) groups is 1. The summed E-state index contributed by atoms with van der Waals surface area (Å²) < 4.78 is 1.48. The van der Waals surface area contributed by atoms with Crippen LogP contribution in [0.4, 0.5) is 0 Å². The quantitative estimate of drug-likeness (QED) is 0.529. The van der Waals surface area contributed by atoms with Gasteiger partial charge in [-0.2, -0.15) is 5.10 Å². The molecule has 0 atom stereocenters. The number of nitrogens with zero attached hydrogens (tertiary/aromatic N) is 5. The van der Waals surface area contributed by atoms with Crippen LogP contribution in [0.1, 0.15) is 10.5 Å². The second-order valence-corrected chi connectivity index (χ2v) is 7.43. The summed E-state index contributed by atoms with van der Waals surface area (Å²) in [7, 11) is 0. The Morgan fingerprint density at radius 3 is 2.60 bits per heavy atom.